The van der Waals surface area contributed by atoms with E-state index in [-0.39, 0.29) is 50.1 Å². The number of halogens is 1. The first kappa shape index (κ1) is 23.3. The van der Waals surface area contributed by atoms with E-state index >= 15 is 0 Å². The molecule has 0 radical (unpaired) electrons. The molecule has 0 spiro atoms. The van der Waals surface area contributed by atoms with Crippen molar-refractivity contribution in [3.05, 3.63) is 0 Å². The van der Waals surface area contributed by atoms with E-state index in [1.54, 1.807) is 0 Å². The Hall–Kier alpha value is 1.29. The first-order valence-corrected chi connectivity index (χ1v) is 4.19. The summed E-state index contributed by atoms with van der Waals surface area (Å²) in [6.07, 6.45) is 0. The third-order valence-corrected chi connectivity index (χ3v) is 0. The van der Waals surface area contributed by atoms with Gasteiger partial charge in [-0.1, -0.05) is 0 Å². The summed E-state index contributed by atoms with van der Waals surface area (Å²) in [5, 5.41) is 0. The Morgan fingerprint density at radius 2 is 0.667 bits per heavy atom. The zero-order chi connectivity index (χ0) is 9.00. The molecule has 0 rings (SSSR count). The Kier molecular flexibility index (Phi) is 17.2. The quantitative estimate of drug-likeness (QED) is 0.298. The minimum atomic E-state index is -4.67. The Morgan fingerprint density at radius 3 is 0.667 bits per heavy atom. The van der Waals surface area contributed by atoms with Crippen LogP contribution in [0.15, 0.2) is 0 Å². The average Bonchev–Trinajstić information content (AvgIpc) is 1.12. The fourth-order valence-corrected chi connectivity index (χ4v) is 0. The first-order valence-electron chi connectivity index (χ1n) is 1.40. The Bertz CT molecular complexity index is 213. The van der Waals surface area contributed by atoms with Gasteiger partial charge in [0, 0.05) is 0 Å². The summed E-state index contributed by atoms with van der Waals surface area (Å²) in [5.41, 5.74) is 0. The van der Waals surface area contributed by atoms with E-state index in [1.165, 1.54) is 0 Å². The molecule has 0 fully saturated rings. The second kappa shape index (κ2) is 8.87. The molecule has 0 saturated heterocycles. The van der Waals surface area contributed by atoms with Gasteiger partial charge in [-0.25, -0.2) is 0 Å². The standard InChI is InChI=1S/Ca.ClH.2H2O4S.2H/c;;2*1-5(2,3)4;;/h;1H;2*(H2,1,2,3,4);;. The van der Waals surface area contributed by atoms with Crippen molar-refractivity contribution in [1.82, 2.24) is 0 Å². The second-order valence-corrected chi connectivity index (χ2v) is 2.69. The van der Waals surface area contributed by atoms with Gasteiger partial charge in [0.15, 0.2) is 0 Å². The van der Waals surface area contributed by atoms with E-state index in [4.69, 9.17) is 35.0 Å². The topological polar surface area (TPSA) is 149 Å². The van der Waals surface area contributed by atoms with E-state index in [0.717, 1.165) is 0 Å². The van der Waals surface area contributed by atoms with Crippen LogP contribution >= 0.6 is 12.4 Å². The van der Waals surface area contributed by atoms with Gasteiger partial charge in [0.05, 0.1) is 0 Å². The van der Waals surface area contributed by atoms with Gasteiger partial charge in [-0.05, 0) is 0 Å². The van der Waals surface area contributed by atoms with Gasteiger partial charge in [0.25, 0.3) is 0 Å². The summed E-state index contributed by atoms with van der Waals surface area (Å²) in [6, 6.07) is 0. The predicted molar refractivity (Wildman–Crippen MR) is 44.1 cm³/mol. The summed E-state index contributed by atoms with van der Waals surface area (Å²) in [7, 11) is -9.33. The van der Waals surface area contributed by atoms with Crippen molar-refractivity contribution in [2.75, 3.05) is 0 Å². The van der Waals surface area contributed by atoms with Crippen LogP contribution in [0, 0.1) is 0 Å². The van der Waals surface area contributed by atoms with Gasteiger partial charge in [-0.15, -0.1) is 12.4 Å². The third-order valence-electron chi connectivity index (χ3n) is 0. The molecule has 0 saturated carbocycles. The summed E-state index contributed by atoms with van der Waals surface area (Å²) >= 11 is 0. The minimum absolute atomic E-state index is 0. The fourth-order valence-electron chi connectivity index (χ4n) is 0. The molecule has 0 aromatic heterocycles. The molecule has 0 aliphatic rings. The first-order chi connectivity index (χ1) is 4.00. The van der Waals surface area contributed by atoms with Gasteiger partial charge >= 0.3 is 58.5 Å². The molecule has 0 aromatic rings. The van der Waals surface area contributed by atoms with Crippen molar-refractivity contribution in [2.24, 2.45) is 0 Å². The van der Waals surface area contributed by atoms with Crippen LogP contribution in [-0.2, 0) is 20.8 Å². The van der Waals surface area contributed by atoms with Crippen LogP contribution < -0.4 is 0 Å². The van der Waals surface area contributed by atoms with Crippen molar-refractivity contribution in [3.8, 4) is 0 Å². The van der Waals surface area contributed by atoms with Crippen LogP contribution in [0.4, 0.5) is 0 Å². The third kappa shape index (κ3) is 719. The summed E-state index contributed by atoms with van der Waals surface area (Å²) in [6.45, 7) is 0. The van der Waals surface area contributed by atoms with Gasteiger partial charge in [0.2, 0.25) is 0 Å². The Balaban J connectivity index is -0.0000000457. The van der Waals surface area contributed by atoms with Crippen molar-refractivity contribution in [1.29, 1.82) is 0 Å². The summed E-state index contributed by atoms with van der Waals surface area (Å²) in [4.78, 5) is 0. The zero-order valence-electron chi connectivity index (χ0n) is 4.65. The zero-order valence-corrected chi connectivity index (χ0v) is 7.10. The normalized spacial score (nSPS) is 9.67. The molecule has 8 nitrogen and oxygen atoms in total. The molecule has 4 N–H and O–H groups in total. The van der Waals surface area contributed by atoms with E-state index < -0.39 is 20.8 Å². The van der Waals surface area contributed by atoms with Crippen LogP contribution in [0.5, 0.6) is 0 Å². The van der Waals surface area contributed by atoms with Crippen molar-refractivity contribution in [3.63, 3.8) is 0 Å². The molecular weight excluding hydrogens is 268 g/mol. The number of hydrogen-bond acceptors (Lipinski definition) is 4. The van der Waals surface area contributed by atoms with Gasteiger partial charge in [-0.3, -0.25) is 18.2 Å². The van der Waals surface area contributed by atoms with E-state index in [2.05, 4.69) is 0 Å². The van der Waals surface area contributed by atoms with Crippen LogP contribution in [0.1, 0.15) is 0 Å². The molecule has 0 atom stereocenters. The fraction of sp³-hybridized carbons (Fsp3) is 0. The predicted octanol–water partition coefficient (Wildman–Crippen LogP) is -1.80. The van der Waals surface area contributed by atoms with Gasteiger partial charge in [-0.2, -0.15) is 16.8 Å². The van der Waals surface area contributed by atoms with Gasteiger partial charge < -0.3 is 0 Å². The second-order valence-electron chi connectivity index (χ2n) is 0.896. The average molecular weight is 275 g/mol. The maximum atomic E-state index is 8.74. The van der Waals surface area contributed by atoms with Crippen molar-refractivity contribution < 1.29 is 35.0 Å². The Morgan fingerprint density at radius 1 is 0.667 bits per heavy atom. The monoisotopic (exact) mass is 274 g/mol. The molecular formula is H7CaClO8S2. The van der Waals surface area contributed by atoms with E-state index in [1.807, 2.05) is 0 Å². The van der Waals surface area contributed by atoms with E-state index in [9.17, 15) is 0 Å². The van der Waals surface area contributed by atoms with Crippen LogP contribution in [-0.4, -0.2) is 72.8 Å². The van der Waals surface area contributed by atoms with Crippen LogP contribution in [0.25, 0.3) is 0 Å². The summed E-state index contributed by atoms with van der Waals surface area (Å²) in [5.74, 6) is 0. The molecule has 0 amide bonds. The molecule has 0 bridgehead atoms. The maximum absolute atomic E-state index is 8.74. The molecule has 0 heterocycles. The van der Waals surface area contributed by atoms with Crippen molar-refractivity contribution >= 4 is 70.9 Å². The van der Waals surface area contributed by atoms with Crippen LogP contribution in [0.2, 0.25) is 0 Å². The molecule has 12 heavy (non-hydrogen) atoms. The van der Waals surface area contributed by atoms with Crippen molar-refractivity contribution in [2.45, 2.75) is 0 Å². The Labute approximate surface area is 105 Å². The molecule has 0 aromatic carbocycles. The summed E-state index contributed by atoms with van der Waals surface area (Å²) < 4.78 is 63.2. The molecule has 0 unspecified atom stereocenters. The SMILES string of the molecule is Cl.O=S(=O)(O)O.O=S(=O)(O)O.[CaH2]. The molecule has 76 valence electrons. The van der Waals surface area contributed by atoms with E-state index in [0.29, 0.717) is 0 Å². The molecule has 0 aliphatic heterocycles. The van der Waals surface area contributed by atoms with Gasteiger partial charge in [0.1, 0.15) is 0 Å². The molecule has 12 heteroatoms. The number of hydrogen-bond donors (Lipinski definition) is 4. The molecule has 0 aliphatic carbocycles. The number of rotatable bonds is 0. The van der Waals surface area contributed by atoms with Crippen LogP contribution in [0.3, 0.4) is 0 Å².